The maximum atomic E-state index is 13.9. The van der Waals surface area contributed by atoms with Crippen LogP contribution in [0.5, 0.6) is 5.75 Å². The zero-order chi connectivity index (χ0) is 25.3. The molecule has 2 amide bonds. The van der Waals surface area contributed by atoms with Crippen molar-refractivity contribution in [2.75, 3.05) is 31.8 Å². The molecule has 4 rings (SSSR count). The number of carbonyl (C=O) groups is 2. The van der Waals surface area contributed by atoms with Crippen LogP contribution in [0.2, 0.25) is 0 Å². The van der Waals surface area contributed by atoms with E-state index in [-0.39, 0.29) is 24.9 Å². The molecule has 2 heterocycles. The molecular weight excluding hydrogens is 460 g/mol. The van der Waals surface area contributed by atoms with Gasteiger partial charge in [0, 0.05) is 25.4 Å². The molecule has 0 aliphatic rings. The van der Waals surface area contributed by atoms with Gasteiger partial charge in [0.15, 0.2) is 0 Å². The third kappa shape index (κ3) is 5.49. The average molecular weight is 489 g/mol. The molecule has 0 saturated heterocycles. The predicted molar refractivity (Wildman–Crippen MR) is 134 cm³/mol. The van der Waals surface area contributed by atoms with Crippen LogP contribution in [0.1, 0.15) is 18.5 Å². The first kappa shape index (κ1) is 24.8. The second-order valence-electron chi connectivity index (χ2n) is 7.87. The van der Waals surface area contributed by atoms with Crippen molar-refractivity contribution in [1.82, 2.24) is 25.3 Å². The predicted octanol–water partition coefficient (Wildman–Crippen LogP) is 2.76. The van der Waals surface area contributed by atoms with Gasteiger partial charge >= 0.3 is 0 Å². The van der Waals surface area contributed by atoms with E-state index in [0.29, 0.717) is 41.2 Å². The summed E-state index contributed by atoms with van der Waals surface area (Å²) in [6, 6.07) is 17.0. The van der Waals surface area contributed by atoms with Gasteiger partial charge in [-0.2, -0.15) is 0 Å². The fraction of sp³-hybridized carbons (Fsp3) is 0.269. The highest BCUT2D eigenvalue weighted by Gasteiger charge is 2.35. The lowest BCUT2D eigenvalue weighted by Crippen LogP contribution is -2.46. The van der Waals surface area contributed by atoms with E-state index in [1.807, 2.05) is 43.3 Å². The lowest BCUT2D eigenvalue weighted by atomic mass is 10.0. The number of nitrogens with one attached hydrogen (secondary N) is 1. The van der Waals surface area contributed by atoms with E-state index >= 15 is 0 Å². The number of amides is 2. The van der Waals surface area contributed by atoms with Gasteiger partial charge in [-0.25, -0.2) is 4.68 Å². The molecule has 0 saturated carbocycles. The number of nitrogens with zero attached hydrogens (tertiary/aromatic N) is 5. The number of carbonyl (C=O) groups excluding carboxylic acids is 2. The van der Waals surface area contributed by atoms with Crippen LogP contribution in [0.15, 0.2) is 73.1 Å². The normalized spacial score (nSPS) is 11.7. The van der Waals surface area contributed by atoms with E-state index < -0.39 is 6.04 Å². The van der Waals surface area contributed by atoms with E-state index in [4.69, 9.17) is 9.47 Å². The monoisotopic (exact) mass is 488 g/mol. The van der Waals surface area contributed by atoms with E-state index in [1.54, 1.807) is 43.8 Å². The molecule has 1 unspecified atom stereocenters. The average Bonchev–Trinajstić information content (AvgIpc) is 3.31. The SMILES string of the molecule is CCOc1ccccc1C(C(=O)NCCOC)N(C(=O)Cn1nnc2ccccc21)c1cccnc1. The van der Waals surface area contributed by atoms with Gasteiger partial charge in [-0.05, 0) is 37.3 Å². The van der Waals surface area contributed by atoms with Crippen LogP contribution < -0.4 is 15.0 Å². The van der Waals surface area contributed by atoms with Gasteiger partial charge in [0.25, 0.3) is 0 Å². The minimum absolute atomic E-state index is 0.131. The molecule has 0 aliphatic carbocycles. The first-order valence-corrected chi connectivity index (χ1v) is 11.6. The fourth-order valence-corrected chi connectivity index (χ4v) is 3.94. The first-order valence-electron chi connectivity index (χ1n) is 11.6. The van der Waals surface area contributed by atoms with Crippen molar-refractivity contribution in [3.8, 4) is 5.75 Å². The number of hydrogen-bond acceptors (Lipinski definition) is 7. The Morgan fingerprint density at radius 2 is 1.89 bits per heavy atom. The highest BCUT2D eigenvalue weighted by atomic mass is 16.5. The van der Waals surface area contributed by atoms with Crippen LogP contribution in [0.25, 0.3) is 11.0 Å². The summed E-state index contributed by atoms with van der Waals surface area (Å²) in [6.45, 7) is 2.75. The van der Waals surface area contributed by atoms with E-state index in [9.17, 15) is 9.59 Å². The molecule has 1 atom stereocenters. The number of aromatic nitrogens is 4. The number of ether oxygens (including phenoxy) is 2. The molecule has 1 N–H and O–H groups in total. The summed E-state index contributed by atoms with van der Waals surface area (Å²) in [5, 5.41) is 11.2. The Labute approximate surface area is 208 Å². The third-order valence-corrected chi connectivity index (χ3v) is 5.52. The Morgan fingerprint density at radius 1 is 1.08 bits per heavy atom. The molecule has 4 aromatic rings. The lowest BCUT2D eigenvalue weighted by molar-refractivity contribution is -0.127. The van der Waals surface area contributed by atoms with E-state index in [0.717, 1.165) is 0 Å². The van der Waals surface area contributed by atoms with Crippen molar-refractivity contribution < 1.29 is 19.1 Å². The number of methoxy groups -OCH3 is 1. The highest BCUT2D eigenvalue weighted by molar-refractivity contribution is 6.01. The van der Waals surface area contributed by atoms with Gasteiger partial charge in [0.1, 0.15) is 23.9 Å². The summed E-state index contributed by atoms with van der Waals surface area (Å²) < 4.78 is 12.5. The van der Waals surface area contributed by atoms with Gasteiger partial charge in [-0.15, -0.1) is 5.10 Å². The molecule has 186 valence electrons. The molecule has 2 aromatic heterocycles. The molecule has 36 heavy (non-hydrogen) atoms. The van der Waals surface area contributed by atoms with Crippen LogP contribution >= 0.6 is 0 Å². The van der Waals surface area contributed by atoms with E-state index in [2.05, 4.69) is 20.6 Å². The fourth-order valence-electron chi connectivity index (χ4n) is 3.94. The molecule has 0 spiro atoms. The Bertz CT molecular complexity index is 1310. The smallest absolute Gasteiger partial charge is 0.249 e. The number of benzene rings is 2. The standard InChI is InChI=1S/C26H28N6O4/c1-3-36-23-13-7-4-10-20(23)25(26(34)28-15-16-35-2)32(19-9-8-14-27-17-19)24(33)18-31-22-12-6-5-11-21(22)29-30-31/h4-14,17,25H,3,15-16,18H2,1-2H3,(H,28,34). The number of fused-ring (bicyclic) bond motifs is 1. The lowest BCUT2D eigenvalue weighted by Gasteiger charge is -2.32. The summed E-state index contributed by atoms with van der Waals surface area (Å²) >= 11 is 0. The maximum Gasteiger partial charge on any atom is 0.249 e. The number of anilines is 1. The minimum Gasteiger partial charge on any atom is -0.493 e. The Morgan fingerprint density at radius 3 is 2.67 bits per heavy atom. The number of rotatable bonds is 11. The second kappa shape index (κ2) is 11.9. The van der Waals surface area contributed by atoms with Crippen molar-refractivity contribution in [2.45, 2.75) is 19.5 Å². The molecule has 0 radical (unpaired) electrons. The zero-order valence-corrected chi connectivity index (χ0v) is 20.2. The molecular formula is C26H28N6O4. The Balaban J connectivity index is 1.79. The number of pyridine rings is 1. The molecule has 10 nitrogen and oxygen atoms in total. The van der Waals surface area contributed by atoms with Crippen LogP contribution in [-0.4, -0.2) is 58.7 Å². The minimum atomic E-state index is -1.03. The van der Waals surface area contributed by atoms with Gasteiger partial charge in [0.2, 0.25) is 11.8 Å². The van der Waals surface area contributed by atoms with Crippen LogP contribution in [0.4, 0.5) is 5.69 Å². The summed E-state index contributed by atoms with van der Waals surface area (Å²) in [6.07, 6.45) is 3.16. The van der Waals surface area contributed by atoms with Gasteiger partial charge in [0.05, 0.1) is 30.6 Å². The summed E-state index contributed by atoms with van der Waals surface area (Å²) in [4.78, 5) is 33.2. The van der Waals surface area contributed by atoms with Crippen molar-refractivity contribution in [3.05, 3.63) is 78.6 Å². The largest absolute Gasteiger partial charge is 0.493 e. The Hall–Kier alpha value is -4.31. The number of para-hydroxylation sites is 2. The highest BCUT2D eigenvalue weighted by Crippen LogP contribution is 2.33. The summed E-state index contributed by atoms with van der Waals surface area (Å²) in [7, 11) is 1.56. The van der Waals surface area contributed by atoms with Crippen molar-refractivity contribution in [1.29, 1.82) is 0 Å². The first-order chi connectivity index (χ1) is 17.6. The summed E-state index contributed by atoms with van der Waals surface area (Å²) in [5.74, 6) is -0.225. The maximum absolute atomic E-state index is 13.9. The number of hydrogen-bond donors (Lipinski definition) is 1. The molecule has 10 heteroatoms. The van der Waals surface area contributed by atoms with E-state index in [1.165, 1.54) is 9.58 Å². The van der Waals surface area contributed by atoms with Crippen molar-refractivity contribution >= 4 is 28.5 Å². The van der Waals surface area contributed by atoms with Gasteiger partial charge in [-0.3, -0.25) is 19.5 Å². The van der Waals surface area contributed by atoms with Crippen LogP contribution in [0.3, 0.4) is 0 Å². The summed E-state index contributed by atoms with van der Waals surface area (Å²) in [5.41, 5.74) is 2.40. The topological polar surface area (TPSA) is 111 Å². The van der Waals surface area contributed by atoms with Crippen LogP contribution in [0, 0.1) is 0 Å². The molecule has 0 fully saturated rings. The van der Waals surface area contributed by atoms with Gasteiger partial charge in [-0.1, -0.05) is 35.5 Å². The quantitative estimate of drug-likeness (QED) is 0.323. The van der Waals surface area contributed by atoms with Crippen LogP contribution in [-0.2, 0) is 20.9 Å². The Kier molecular flexibility index (Phi) is 8.20. The second-order valence-corrected chi connectivity index (χ2v) is 7.87. The molecule has 0 aliphatic heterocycles. The van der Waals surface area contributed by atoms with Gasteiger partial charge < -0.3 is 14.8 Å². The molecule has 0 bridgehead atoms. The zero-order valence-electron chi connectivity index (χ0n) is 20.2. The third-order valence-electron chi connectivity index (χ3n) is 5.52. The van der Waals surface area contributed by atoms with Crippen molar-refractivity contribution in [3.63, 3.8) is 0 Å². The van der Waals surface area contributed by atoms with Crippen molar-refractivity contribution in [2.24, 2.45) is 0 Å². The molecule has 2 aromatic carbocycles.